The van der Waals surface area contributed by atoms with Gasteiger partial charge in [0.25, 0.3) is 0 Å². The number of benzene rings is 1. The van der Waals surface area contributed by atoms with Crippen LogP contribution in [0, 0.1) is 0 Å². The number of hydrogen-bond donors (Lipinski definition) is 3. The zero-order chi connectivity index (χ0) is 16.7. The summed E-state index contributed by atoms with van der Waals surface area (Å²) in [5.74, 6) is 0.551. The van der Waals surface area contributed by atoms with Crippen LogP contribution in [0.1, 0.15) is 34.9 Å². The highest BCUT2D eigenvalue weighted by molar-refractivity contribution is 5.99. The number of aromatic amines is 1. The summed E-state index contributed by atoms with van der Waals surface area (Å²) in [4.78, 5) is 22.1. The summed E-state index contributed by atoms with van der Waals surface area (Å²) in [6, 6.07) is 5.49. The van der Waals surface area contributed by atoms with Crippen molar-refractivity contribution in [1.82, 2.24) is 9.88 Å². The molecule has 1 aromatic heterocycles. The van der Waals surface area contributed by atoms with Crippen molar-refractivity contribution in [2.45, 2.75) is 25.1 Å². The van der Waals surface area contributed by atoms with Crippen molar-refractivity contribution >= 4 is 29.0 Å². The Hall–Kier alpha value is -2.38. The van der Waals surface area contributed by atoms with Crippen molar-refractivity contribution in [3.05, 3.63) is 29.3 Å². The number of nitrogens with one attached hydrogen (secondary N) is 2. The first kappa shape index (κ1) is 15.2. The first-order chi connectivity index (χ1) is 11.7. The Morgan fingerprint density at radius 2 is 2.17 bits per heavy atom. The zero-order valence-corrected chi connectivity index (χ0v) is 13.5. The lowest BCUT2D eigenvalue weighted by Gasteiger charge is -2.35. The van der Waals surface area contributed by atoms with E-state index in [1.54, 1.807) is 12.4 Å². The van der Waals surface area contributed by atoms with Gasteiger partial charge in [-0.25, -0.2) is 4.79 Å². The predicted molar refractivity (Wildman–Crippen MR) is 91.3 cm³/mol. The molecule has 0 spiro atoms. The summed E-state index contributed by atoms with van der Waals surface area (Å²) in [5.41, 5.74) is 2.51. The second-order valence-electron chi connectivity index (χ2n) is 6.23. The Bertz CT molecular complexity index is 806. The van der Waals surface area contributed by atoms with Crippen LogP contribution in [0.5, 0.6) is 0 Å². The highest BCUT2D eigenvalue weighted by atomic mass is 16.5. The van der Waals surface area contributed by atoms with Crippen LogP contribution < -0.4 is 5.32 Å². The third kappa shape index (κ3) is 2.46. The molecule has 2 aromatic rings. The van der Waals surface area contributed by atoms with E-state index in [1.807, 2.05) is 12.1 Å². The van der Waals surface area contributed by atoms with Gasteiger partial charge in [0.05, 0.1) is 25.1 Å². The molecule has 1 atom stereocenters. The van der Waals surface area contributed by atoms with Crippen LogP contribution in [0.2, 0.25) is 0 Å². The first-order valence-corrected chi connectivity index (χ1v) is 8.11. The van der Waals surface area contributed by atoms with Gasteiger partial charge in [0.1, 0.15) is 12.0 Å². The zero-order valence-electron chi connectivity index (χ0n) is 13.5. The second-order valence-corrected chi connectivity index (χ2v) is 6.23. The normalized spacial score (nSPS) is 21.5. The summed E-state index contributed by atoms with van der Waals surface area (Å²) < 4.78 is 4.83. The summed E-state index contributed by atoms with van der Waals surface area (Å²) in [5, 5.41) is 13.9. The Morgan fingerprint density at radius 3 is 2.92 bits per heavy atom. The van der Waals surface area contributed by atoms with Gasteiger partial charge in [-0.05, 0) is 31.0 Å². The van der Waals surface area contributed by atoms with Crippen LogP contribution >= 0.6 is 0 Å². The molecule has 7 nitrogen and oxygen atoms in total. The van der Waals surface area contributed by atoms with Crippen LogP contribution in [0.4, 0.5) is 5.82 Å². The highest BCUT2D eigenvalue weighted by Gasteiger charge is 2.30. The van der Waals surface area contributed by atoms with Crippen LogP contribution in [0.15, 0.2) is 23.2 Å². The summed E-state index contributed by atoms with van der Waals surface area (Å²) >= 11 is 0. The summed E-state index contributed by atoms with van der Waals surface area (Å²) in [6.45, 7) is 1.60. The van der Waals surface area contributed by atoms with Gasteiger partial charge in [0, 0.05) is 29.6 Å². The molecule has 0 saturated carbocycles. The van der Waals surface area contributed by atoms with Gasteiger partial charge in [-0.1, -0.05) is 0 Å². The van der Waals surface area contributed by atoms with E-state index in [1.165, 1.54) is 7.11 Å². The molecule has 2 aliphatic rings. The van der Waals surface area contributed by atoms with Crippen molar-refractivity contribution in [3.63, 3.8) is 0 Å². The second kappa shape index (κ2) is 5.92. The van der Waals surface area contributed by atoms with E-state index in [4.69, 9.17) is 4.74 Å². The van der Waals surface area contributed by atoms with E-state index >= 15 is 0 Å². The van der Waals surface area contributed by atoms with Crippen molar-refractivity contribution < 1.29 is 14.6 Å². The highest BCUT2D eigenvalue weighted by Crippen LogP contribution is 2.38. The first-order valence-electron chi connectivity index (χ1n) is 8.11. The number of H-pyrrole nitrogens is 1. The molecule has 0 radical (unpaired) electrons. The third-order valence-corrected chi connectivity index (χ3v) is 4.79. The number of nitrogens with zero attached hydrogens (tertiary/aromatic N) is 2. The summed E-state index contributed by atoms with van der Waals surface area (Å²) in [6.07, 6.45) is 2.87. The Kier molecular flexibility index (Phi) is 3.74. The molecule has 2 aliphatic heterocycles. The van der Waals surface area contributed by atoms with Crippen molar-refractivity contribution in [2.24, 2.45) is 4.99 Å². The fourth-order valence-corrected chi connectivity index (χ4v) is 3.49. The maximum absolute atomic E-state index is 11.9. The maximum Gasteiger partial charge on any atom is 0.337 e. The smallest absolute Gasteiger partial charge is 0.337 e. The SMILES string of the molecule is COC(=O)c1ccc2[nH]c3c(c2c1)C(N1CCC(O)CC1)N=CN3. The minimum atomic E-state index is -0.350. The average Bonchev–Trinajstić information content (AvgIpc) is 2.99. The minimum absolute atomic E-state index is 0.115. The van der Waals surface area contributed by atoms with Gasteiger partial charge < -0.3 is 20.1 Å². The van der Waals surface area contributed by atoms with Gasteiger partial charge in [0.2, 0.25) is 0 Å². The van der Waals surface area contributed by atoms with Gasteiger partial charge in [0.15, 0.2) is 0 Å². The van der Waals surface area contributed by atoms with Crippen LogP contribution in [0.25, 0.3) is 10.9 Å². The number of anilines is 1. The standard InChI is InChI=1S/C17H20N4O3/c1-24-17(23)10-2-3-13-12(8-10)14-15(20-13)18-9-19-16(14)21-6-4-11(22)5-7-21/h2-3,8-9,11,16,20,22H,4-7H2,1H3,(H,18,19). The molecule has 1 aromatic carbocycles. The number of piperidine rings is 1. The number of ether oxygens (including phenoxy) is 1. The number of rotatable bonds is 2. The number of likely N-dealkylation sites (tertiary alicyclic amines) is 1. The lowest BCUT2D eigenvalue weighted by atomic mass is 10.0. The van der Waals surface area contributed by atoms with Gasteiger partial charge in [-0.2, -0.15) is 0 Å². The molecule has 7 heteroatoms. The molecule has 1 saturated heterocycles. The molecule has 3 heterocycles. The fourth-order valence-electron chi connectivity index (χ4n) is 3.49. The number of methoxy groups -OCH3 is 1. The van der Waals surface area contributed by atoms with E-state index in [9.17, 15) is 9.90 Å². The molecule has 24 heavy (non-hydrogen) atoms. The predicted octanol–water partition coefficient (Wildman–Crippen LogP) is 1.86. The van der Waals surface area contributed by atoms with Crippen LogP contribution in [-0.4, -0.2) is 53.6 Å². The van der Waals surface area contributed by atoms with Crippen molar-refractivity contribution in [1.29, 1.82) is 0 Å². The number of carbonyl (C=O) groups excluding carboxylic acids is 1. The monoisotopic (exact) mass is 328 g/mol. The molecule has 126 valence electrons. The maximum atomic E-state index is 11.9. The van der Waals surface area contributed by atoms with Gasteiger partial charge in [-0.15, -0.1) is 0 Å². The third-order valence-electron chi connectivity index (χ3n) is 4.79. The number of esters is 1. The summed E-state index contributed by atoms with van der Waals surface area (Å²) in [7, 11) is 1.38. The number of fused-ring (bicyclic) bond motifs is 3. The molecular formula is C17H20N4O3. The van der Waals surface area contributed by atoms with Crippen molar-refractivity contribution in [3.8, 4) is 0 Å². The Balaban J connectivity index is 1.77. The quantitative estimate of drug-likeness (QED) is 0.732. The van der Waals surface area contributed by atoms with Crippen molar-refractivity contribution in [2.75, 3.05) is 25.5 Å². The minimum Gasteiger partial charge on any atom is -0.465 e. The molecule has 0 amide bonds. The number of aromatic nitrogens is 1. The van der Waals surface area contributed by atoms with Crippen LogP contribution in [0.3, 0.4) is 0 Å². The average molecular weight is 328 g/mol. The molecule has 3 N–H and O–H groups in total. The number of aliphatic hydroxyl groups excluding tert-OH is 1. The van der Waals surface area contributed by atoms with E-state index in [2.05, 4.69) is 20.2 Å². The molecule has 1 fully saturated rings. The van der Waals surface area contributed by atoms with E-state index < -0.39 is 0 Å². The lowest BCUT2D eigenvalue weighted by molar-refractivity contribution is 0.0599. The number of aliphatic hydroxyl groups is 1. The largest absolute Gasteiger partial charge is 0.465 e. The topological polar surface area (TPSA) is 90.0 Å². The van der Waals surface area contributed by atoms with Gasteiger partial charge in [-0.3, -0.25) is 9.89 Å². The van der Waals surface area contributed by atoms with E-state index in [0.29, 0.717) is 5.56 Å². The Labute approximate surface area is 139 Å². The Morgan fingerprint density at radius 1 is 1.38 bits per heavy atom. The van der Waals surface area contributed by atoms with E-state index in [-0.39, 0.29) is 18.2 Å². The van der Waals surface area contributed by atoms with Crippen LogP contribution in [-0.2, 0) is 4.74 Å². The molecular weight excluding hydrogens is 308 g/mol. The number of carbonyl (C=O) groups is 1. The molecule has 4 rings (SSSR count). The fraction of sp³-hybridized carbons (Fsp3) is 0.412. The number of aliphatic imine (C=N–C) groups is 1. The molecule has 0 aliphatic carbocycles. The van der Waals surface area contributed by atoms with Gasteiger partial charge >= 0.3 is 5.97 Å². The molecule has 0 bridgehead atoms. The molecule has 1 unspecified atom stereocenters. The number of hydrogen-bond acceptors (Lipinski definition) is 6. The van der Waals surface area contributed by atoms with E-state index in [0.717, 1.165) is 48.2 Å². The lowest BCUT2D eigenvalue weighted by Crippen LogP contribution is -2.38.